The van der Waals surface area contributed by atoms with Crippen LogP contribution in [0.3, 0.4) is 0 Å². The summed E-state index contributed by atoms with van der Waals surface area (Å²) in [7, 11) is 0. The van der Waals surface area contributed by atoms with E-state index in [-0.39, 0.29) is 11.3 Å². The molecule has 0 saturated carbocycles. The maximum atomic E-state index is 8.73. The average Bonchev–Trinajstić information content (AvgIpc) is 2.89. The summed E-state index contributed by atoms with van der Waals surface area (Å²) in [4.78, 5) is 6.85. The highest BCUT2D eigenvalue weighted by Gasteiger charge is 2.11. The molecular formula is C28H29N5O. The molecule has 0 amide bonds. The highest BCUT2D eigenvalue weighted by Crippen LogP contribution is 2.22. The van der Waals surface area contributed by atoms with Crippen LogP contribution in [0.15, 0.2) is 79.1 Å². The van der Waals surface area contributed by atoms with E-state index in [4.69, 9.17) is 15.6 Å². The van der Waals surface area contributed by atoms with E-state index < -0.39 is 0 Å². The lowest BCUT2D eigenvalue weighted by Gasteiger charge is -2.26. The van der Waals surface area contributed by atoms with E-state index in [9.17, 15) is 0 Å². The molecule has 1 aliphatic heterocycles. The number of ether oxygens (including phenoxy) is 1. The second-order valence-corrected chi connectivity index (χ2v) is 8.67. The minimum absolute atomic E-state index is 0.255. The molecule has 1 saturated heterocycles. The minimum atomic E-state index is 0.255. The number of hydrogen-bond acceptors (Lipinski definition) is 5. The number of fused-ring (bicyclic) bond motifs is 1. The Bertz CT molecular complexity index is 1350. The maximum absolute atomic E-state index is 8.73. The molecule has 0 spiro atoms. The predicted octanol–water partition coefficient (Wildman–Crippen LogP) is 4.92. The van der Waals surface area contributed by atoms with Gasteiger partial charge < -0.3 is 4.74 Å². The Labute approximate surface area is 199 Å². The number of nitrogens with one attached hydrogen (secondary N) is 2. The number of piperidine rings is 1. The van der Waals surface area contributed by atoms with Crippen LogP contribution in [0.5, 0.6) is 5.75 Å². The van der Waals surface area contributed by atoms with Gasteiger partial charge >= 0.3 is 0 Å². The van der Waals surface area contributed by atoms with Crippen molar-refractivity contribution in [3.05, 3.63) is 90.2 Å². The minimum Gasteiger partial charge on any atom is -0.492 e. The molecule has 6 nitrogen and oxygen atoms in total. The van der Waals surface area contributed by atoms with Gasteiger partial charge in [0.05, 0.1) is 5.52 Å². The predicted molar refractivity (Wildman–Crippen MR) is 135 cm³/mol. The molecule has 4 aromatic rings. The lowest BCUT2D eigenvalue weighted by molar-refractivity contribution is 0.183. The normalized spacial score (nSPS) is 14.2. The summed E-state index contributed by atoms with van der Waals surface area (Å²) in [5.41, 5.74) is 3.80. The summed E-state index contributed by atoms with van der Waals surface area (Å²) in [5, 5.41) is 18.2. The molecule has 2 aromatic carbocycles. The maximum Gasteiger partial charge on any atom is 0.138 e. The molecule has 1 fully saturated rings. The van der Waals surface area contributed by atoms with Crippen LogP contribution < -0.4 is 10.2 Å². The first-order chi connectivity index (χ1) is 16.7. The Balaban J connectivity index is 1.28. The quantitative estimate of drug-likeness (QED) is 0.323. The van der Waals surface area contributed by atoms with Gasteiger partial charge in [-0.25, -0.2) is 0 Å². The van der Waals surface area contributed by atoms with E-state index in [1.807, 2.05) is 60.7 Å². The summed E-state index contributed by atoms with van der Waals surface area (Å²) >= 11 is 0. The second-order valence-electron chi connectivity index (χ2n) is 8.67. The molecular weight excluding hydrogens is 422 g/mol. The lowest BCUT2D eigenvalue weighted by Crippen LogP contribution is -2.33. The van der Waals surface area contributed by atoms with Gasteiger partial charge in [0.25, 0.3) is 0 Å². The van der Waals surface area contributed by atoms with E-state index in [0.29, 0.717) is 6.61 Å². The fourth-order valence-electron chi connectivity index (χ4n) is 4.53. The zero-order valence-corrected chi connectivity index (χ0v) is 19.2. The van der Waals surface area contributed by atoms with Crippen LogP contribution in [0.2, 0.25) is 0 Å². The third-order valence-corrected chi connectivity index (χ3v) is 6.41. The molecule has 34 heavy (non-hydrogen) atoms. The smallest absolute Gasteiger partial charge is 0.138 e. The van der Waals surface area contributed by atoms with Crippen molar-refractivity contribution < 1.29 is 4.74 Å². The Hall–Kier alpha value is -3.77. The Kier molecular flexibility index (Phi) is 6.49. The van der Waals surface area contributed by atoms with Gasteiger partial charge in [0.2, 0.25) is 0 Å². The van der Waals surface area contributed by atoms with E-state index in [2.05, 4.69) is 9.88 Å². The average molecular weight is 452 g/mol. The van der Waals surface area contributed by atoms with Crippen LogP contribution in [0.4, 0.5) is 0 Å². The lowest BCUT2D eigenvalue weighted by atomic mass is 10.1. The number of nitrogens with zero attached hydrogens (tertiary/aromatic N) is 3. The van der Waals surface area contributed by atoms with Crippen LogP contribution in [0.1, 0.15) is 24.8 Å². The largest absolute Gasteiger partial charge is 0.492 e. The molecule has 172 valence electrons. The van der Waals surface area contributed by atoms with Gasteiger partial charge in [0.15, 0.2) is 0 Å². The SMILES string of the molecule is N=C(c1ccnc2ccccc12)n1ccc(-c2ccc(OCCN3CCCCC3)cc2)cc1=N. The van der Waals surface area contributed by atoms with Crippen molar-refractivity contribution in [2.24, 2.45) is 0 Å². The highest BCUT2D eigenvalue weighted by atomic mass is 16.5. The van der Waals surface area contributed by atoms with Gasteiger partial charge in [-0.05, 0) is 73.5 Å². The van der Waals surface area contributed by atoms with Crippen molar-refractivity contribution in [3.8, 4) is 16.9 Å². The molecule has 3 heterocycles. The molecule has 6 heteroatoms. The molecule has 2 aromatic heterocycles. The number of aromatic nitrogens is 2. The van der Waals surface area contributed by atoms with E-state index >= 15 is 0 Å². The molecule has 0 unspecified atom stereocenters. The van der Waals surface area contributed by atoms with Gasteiger partial charge in [0, 0.05) is 29.9 Å². The van der Waals surface area contributed by atoms with E-state index in [0.717, 1.165) is 39.9 Å². The third kappa shape index (κ3) is 4.77. The van der Waals surface area contributed by atoms with Gasteiger partial charge in [-0.15, -0.1) is 0 Å². The summed E-state index contributed by atoms with van der Waals surface area (Å²) in [5.74, 6) is 1.12. The number of pyridine rings is 2. The fourth-order valence-corrected chi connectivity index (χ4v) is 4.53. The Morgan fingerprint density at radius 3 is 2.50 bits per heavy atom. The zero-order chi connectivity index (χ0) is 23.3. The van der Waals surface area contributed by atoms with Crippen molar-refractivity contribution in [3.63, 3.8) is 0 Å². The third-order valence-electron chi connectivity index (χ3n) is 6.41. The number of rotatable bonds is 6. The molecule has 0 radical (unpaired) electrons. The van der Waals surface area contributed by atoms with E-state index in [1.165, 1.54) is 32.4 Å². The number of likely N-dealkylation sites (tertiary alicyclic amines) is 1. The molecule has 2 N–H and O–H groups in total. The molecule has 0 bridgehead atoms. The summed E-state index contributed by atoms with van der Waals surface area (Å²) in [6.45, 7) is 4.04. The van der Waals surface area contributed by atoms with Crippen molar-refractivity contribution in [1.29, 1.82) is 10.8 Å². The van der Waals surface area contributed by atoms with Crippen molar-refractivity contribution >= 4 is 16.7 Å². The molecule has 0 atom stereocenters. The molecule has 0 aliphatic carbocycles. The standard InChI is InChI=1S/C28H29N5O/c29-27-20-22(21-8-10-23(11-9-21)34-19-18-32-15-4-1-5-16-32)13-17-33(27)28(30)25-12-14-31-26-7-3-2-6-24(25)26/h2-3,6-14,17,20,29-30H,1,4-5,15-16,18-19H2. The Morgan fingerprint density at radius 1 is 0.912 bits per heavy atom. The summed E-state index contributed by atoms with van der Waals surface area (Å²) in [6, 6.07) is 21.4. The fraction of sp³-hybridized carbons (Fsp3) is 0.250. The van der Waals surface area contributed by atoms with E-state index in [1.54, 1.807) is 23.0 Å². The van der Waals surface area contributed by atoms with Crippen LogP contribution >= 0.6 is 0 Å². The Morgan fingerprint density at radius 2 is 1.71 bits per heavy atom. The zero-order valence-electron chi connectivity index (χ0n) is 19.2. The van der Waals surface area contributed by atoms with Crippen LogP contribution in [-0.2, 0) is 0 Å². The van der Waals surface area contributed by atoms with Crippen LogP contribution in [0, 0.1) is 10.8 Å². The monoisotopic (exact) mass is 451 g/mol. The first-order valence-electron chi connectivity index (χ1n) is 11.8. The number of para-hydroxylation sites is 1. The first kappa shape index (κ1) is 22.0. The van der Waals surface area contributed by atoms with Gasteiger partial charge in [-0.2, -0.15) is 0 Å². The van der Waals surface area contributed by atoms with Crippen LogP contribution in [-0.4, -0.2) is 46.5 Å². The summed E-state index contributed by atoms with van der Waals surface area (Å²) in [6.07, 6.45) is 7.43. The number of hydrogen-bond donors (Lipinski definition) is 2. The van der Waals surface area contributed by atoms with Gasteiger partial charge in [0.1, 0.15) is 23.7 Å². The van der Waals surface area contributed by atoms with Crippen molar-refractivity contribution in [1.82, 2.24) is 14.5 Å². The van der Waals surface area contributed by atoms with Gasteiger partial charge in [-0.3, -0.25) is 25.3 Å². The molecule has 5 rings (SSSR count). The summed E-state index contributed by atoms with van der Waals surface area (Å²) < 4.78 is 7.53. The van der Waals surface area contributed by atoms with Gasteiger partial charge in [-0.1, -0.05) is 36.8 Å². The molecule has 1 aliphatic rings. The topological polar surface area (TPSA) is 78.0 Å². The number of benzene rings is 2. The van der Waals surface area contributed by atoms with Crippen molar-refractivity contribution in [2.75, 3.05) is 26.2 Å². The first-order valence-corrected chi connectivity index (χ1v) is 11.8. The highest BCUT2D eigenvalue weighted by molar-refractivity contribution is 6.08. The second kappa shape index (κ2) is 10.0. The van der Waals surface area contributed by atoms with Crippen LogP contribution in [0.25, 0.3) is 22.0 Å². The van der Waals surface area contributed by atoms with Crippen molar-refractivity contribution in [2.45, 2.75) is 19.3 Å².